The van der Waals surface area contributed by atoms with E-state index in [1.54, 1.807) is 31.2 Å². The first-order chi connectivity index (χ1) is 11.7. The Morgan fingerprint density at radius 3 is 2.52 bits per heavy atom. The number of nitrogens with zero attached hydrogens (tertiary/aromatic N) is 1. The van der Waals surface area contributed by atoms with Gasteiger partial charge in [0.1, 0.15) is 4.90 Å². The van der Waals surface area contributed by atoms with Gasteiger partial charge in [-0.05, 0) is 30.3 Å². The minimum absolute atomic E-state index is 0.0242. The Labute approximate surface area is 154 Å². The number of hydrogen-bond acceptors (Lipinski definition) is 6. The number of halogens is 1. The standard InChI is InChI=1S/C15H13ClN2O4S3/c1-2-24(19,20)15-17-12-8-7-10(9-13(12)23-15)18-25(21,22)14-6-4-3-5-11(14)16/h3-9,18H,2H2,1H3. The third-order valence-corrected chi connectivity index (χ3v) is 8.48. The van der Waals surface area contributed by atoms with Crippen molar-refractivity contribution in [1.82, 2.24) is 4.98 Å². The predicted molar refractivity (Wildman–Crippen MR) is 99.6 cm³/mol. The smallest absolute Gasteiger partial charge is 0.263 e. The zero-order valence-corrected chi connectivity index (χ0v) is 16.1. The minimum atomic E-state index is -3.85. The first-order valence-electron chi connectivity index (χ1n) is 7.13. The monoisotopic (exact) mass is 416 g/mol. The SMILES string of the molecule is CCS(=O)(=O)c1nc2ccc(NS(=O)(=O)c3ccccc3Cl)cc2s1. The van der Waals surface area contributed by atoms with Crippen LogP contribution < -0.4 is 4.72 Å². The number of thiazole rings is 1. The molecule has 1 aromatic heterocycles. The van der Waals surface area contributed by atoms with Gasteiger partial charge in [0, 0.05) is 0 Å². The Kier molecular flexibility index (Phi) is 4.76. The van der Waals surface area contributed by atoms with E-state index < -0.39 is 19.9 Å². The molecule has 1 heterocycles. The molecule has 3 aromatic rings. The van der Waals surface area contributed by atoms with Gasteiger partial charge in [-0.25, -0.2) is 21.8 Å². The van der Waals surface area contributed by atoms with Crippen molar-refractivity contribution in [2.75, 3.05) is 10.5 Å². The van der Waals surface area contributed by atoms with Crippen molar-refractivity contribution in [2.24, 2.45) is 0 Å². The Hall–Kier alpha value is -1.68. The molecule has 0 saturated carbocycles. The van der Waals surface area contributed by atoms with Gasteiger partial charge in [-0.1, -0.05) is 30.7 Å². The molecule has 3 rings (SSSR count). The highest BCUT2D eigenvalue weighted by molar-refractivity contribution is 7.93. The molecule has 0 unspecified atom stereocenters. The molecule has 0 aliphatic carbocycles. The van der Waals surface area contributed by atoms with Crippen LogP contribution in [0.1, 0.15) is 6.92 Å². The summed E-state index contributed by atoms with van der Waals surface area (Å²) in [5.74, 6) is -0.0428. The van der Waals surface area contributed by atoms with E-state index in [9.17, 15) is 16.8 Å². The Morgan fingerprint density at radius 2 is 1.84 bits per heavy atom. The number of fused-ring (bicyclic) bond motifs is 1. The molecule has 0 saturated heterocycles. The summed E-state index contributed by atoms with van der Waals surface area (Å²) in [5.41, 5.74) is 0.800. The van der Waals surface area contributed by atoms with Gasteiger partial charge in [-0.15, -0.1) is 11.3 Å². The fourth-order valence-corrected chi connectivity index (χ4v) is 6.02. The molecule has 0 atom stereocenters. The van der Waals surface area contributed by atoms with Crippen molar-refractivity contribution in [3.63, 3.8) is 0 Å². The lowest BCUT2D eigenvalue weighted by Gasteiger charge is -2.09. The van der Waals surface area contributed by atoms with Gasteiger partial charge in [0.25, 0.3) is 10.0 Å². The summed E-state index contributed by atoms with van der Waals surface area (Å²) < 4.78 is 51.8. The lowest BCUT2D eigenvalue weighted by molar-refractivity contribution is 0.596. The van der Waals surface area contributed by atoms with Gasteiger partial charge in [-0.3, -0.25) is 4.72 Å². The van der Waals surface area contributed by atoms with Gasteiger partial charge < -0.3 is 0 Å². The van der Waals surface area contributed by atoms with E-state index in [1.165, 1.54) is 18.2 Å². The summed E-state index contributed by atoms with van der Waals surface area (Å²) in [6, 6.07) is 10.8. The predicted octanol–water partition coefficient (Wildman–Crippen LogP) is 3.54. The maximum Gasteiger partial charge on any atom is 0.263 e. The molecule has 0 fully saturated rings. The first-order valence-corrected chi connectivity index (χ1v) is 11.5. The third kappa shape index (κ3) is 3.64. The van der Waals surface area contributed by atoms with Crippen molar-refractivity contribution in [2.45, 2.75) is 16.2 Å². The third-order valence-electron chi connectivity index (χ3n) is 3.39. The number of sulfonamides is 1. The van der Waals surface area contributed by atoms with Crippen molar-refractivity contribution in [3.8, 4) is 0 Å². The number of hydrogen-bond donors (Lipinski definition) is 1. The number of sulfone groups is 1. The quantitative estimate of drug-likeness (QED) is 0.686. The molecular formula is C15H13ClN2O4S3. The average molecular weight is 417 g/mol. The number of nitrogens with one attached hydrogen (secondary N) is 1. The van der Waals surface area contributed by atoms with Crippen molar-refractivity contribution in [3.05, 3.63) is 47.5 Å². The molecule has 10 heteroatoms. The van der Waals surface area contributed by atoms with Crippen molar-refractivity contribution < 1.29 is 16.8 Å². The number of anilines is 1. The number of rotatable bonds is 5. The van der Waals surface area contributed by atoms with E-state index in [0.717, 1.165) is 11.3 Å². The molecule has 25 heavy (non-hydrogen) atoms. The molecule has 0 spiro atoms. The molecule has 6 nitrogen and oxygen atoms in total. The normalized spacial score (nSPS) is 12.4. The first kappa shape index (κ1) is 18.1. The number of aromatic nitrogens is 1. The van der Waals surface area contributed by atoms with E-state index in [-0.39, 0.29) is 20.0 Å². The summed E-state index contributed by atoms with van der Waals surface area (Å²) in [4.78, 5) is 4.07. The average Bonchev–Trinajstić information content (AvgIpc) is 2.99. The van der Waals surface area contributed by atoms with Gasteiger partial charge in [0.05, 0.1) is 26.7 Å². The van der Waals surface area contributed by atoms with E-state index in [4.69, 9.17) is 11.6 Å². The van der Waals surface area contributed by atoms with Gasteiger partial charge in [-0.2, -0.15) is 0 Å². The Balaban J connectivity index is 1.99. The Bertz CT molecular complexity index is 1150. The zero-order valence-electron chi connectivity index (χ0n) is 12.9. The van der Waals surface area contributed by atoms with E-state index in [1.807, 2.05) is 0 Å². The van der Waals surface area contributed by atoms with E-state index >= 15 is 0 Å². The second-order valence-corrected chi connectivity index (χ2v) is 10.6. The lowest BCUT2D eigenvalue weighted by atomic mass is 10.3. The minimum Gasteiger partial charge on any atom is -0.280 e. The van der Waals surface area contributed by atoms with Crippen LogP contribution in [-0.2, 0) is 19.9 Å². The molecule has 0 bridgehead atoms. The second-order valence-electron chi connectivity index (χ2n) is 5.10. The maximum absolute atomic E-state index is 12.5. The molecule has 1 N–H and O–H groups in total. The molecular weight excluding hydrogens is 404 g/mol. The highest BCUT2D eigenvalue weighted by atomic mass is 35.5. The summed E-state index contributed by atoms with van der Waals surface area (Å²) >= 11 is 6.95. The second kappa shape index (κ2) is 6.56. The van der Waals surface area contributed by atoms with E-state index in [0.29, 0.717) is 15.9 Å². The highest BCUT2D eigenvalue weighted by Crippen LogP contribution is 2.30. The van der Waals surface area contributed by atoms with Gasteiger partial charge in [0.2, 0.25) is 14.2 Å². The maximum atomic E-state index is 12.5. The van der Waals surface area contributed by atoms with Crippen LogP contribution in [0.15, 0.2) is 51.7 Å². The fourth-order valence-electron chi connectivity index (χ4n) is 2.10. The van der Waals surface area contributed by atoms with Crippen LogP contribution in [-0.4, -0.2) is 27.6 Å². The van der Waals surface area contributed by atoms with Crippen LogP contribution in [0, 0.1) is 0 Å². The molecule has 2 aromatic carbocycles. The molecule has 0 amide bonds. The molecule has 0 radical (unpaired) electrons. The summed E-state index contributed by atoms with van der Waals surface area (Å²) in [6.45, 7) is 1.55. The Morgan fingerprint density at radius 1 is 1.12 bits per heavy atom. The van der Waals surface area contributed by atoms with Crippen LogP contribution in [0.3, 0.4) is 0 Å². The molecule has 0 aliphatic heterocycles. The summed E-state index contributed by atoms with van der Waals surface area (Å²) in [5, 5.41) is 0.116. The van der Waals surface area contributed by atoms with Crippen molar-refractivity contribution >= 4 is 58.7 Å². The van der Waals surface area contributed by atoms with Crippen LogP contribution in [0.2, 0.25) is 5.02 Å². The summed E-state index contributed by atoms with van der Waals surface area (Å²) in [7, 11) is -7.26. The zero-order chi connectivity index (χ0) is 18.2. The number of benzene rings is 2. The topological polar surface area (TPSA) is 93.2 Å². The van der Waals surface area contributed by atoms with Crippen LogP contribution in [0.25, 0.3) is 10.2 Å². The fraction of sp³-hybridized carbons (Fsp3) is 0.133. The van der Waals surface area contributed by atoms with E-state index in [2.05, 4.69) is 9.71 Å². The highest BCUT2D eigenvalue weighted by Gasteiger charge is 2.20. The van der Waals surface area contributed by atoms with Crippen LogP contribution in [0.4, 0.5) is 5.69 Å². The largest absolute Gasteiger partial charge is 0.280 e. The van der Waals surface area contributed by atoms with Crippen molar-refractivity contribution in [1.29, 1.82) is 0 Å². The van der Waals surface area contributed by atoms with Crippen LogP contribution in [0.5, 0.6) is 0 Å². The lowest BCUT2D eigenvalue weighted by Crippen LogP contribution is -2.13. The summed E-state index contributed by atoms with van der Waals surface area (Å²) in [6.07, 6.45) is 0. The molecule has 0 aliphatic rings. The van der Waals surface area contributed by atoms with Gasteiger partial charge in [0.15, 0.2) is 0 Å². The van der Waals surface area contributed by atoms with Gasteiger partial charge >= 0.3 is 0 Å². The molecule has 132 valence electrons. The van der Waals surface area contributed by atoms with Crippen LogP contribution >= 0.6 is 22.9 Å².